The van der Waals surface area contributed by atoms with Gasteiger partial charge in [0, 0.05) is 5.41 Å². The molecule has 0 aromatic heterocycles. The number of ether oxygens (including phenoxy) is 1. The first-order valence-electron chi connectivity index (χ1n) is 11.6. The Morgan fingerprint density at radius 2 is 1.06 bits per heavy atom. The zero-order valence-electron chi connectivity index (χ0n) is 19.6. The molecule has 0 bridgehead atoms. The van der Waals surface area contributed by atoms with E-state index in [1.807, 2.05) is 54.6 Å². The average molecular weight is 479 g/mol. The highest BCUT2D eigenvalue weighted by molar-refractivity contribution is 6.16. The fourth-order valence-corrected chi connectivity index (χ4v) is 4.46. The molecule has 0 atom stereocenters. The lowest BCUT2D eigenvalue weighted by Gasteiger charge is -2.36. The number of aliphatic carboxylic acids is 2. The van der Waals surface area contributed by atoms with Crippen molar-refractivity contribution in [3.05, 3.63) is 143 Å². The number of hydrogen-bond acceptors (Lipinski definition) is 3. The highest BCUT2D eigenvalue weighted by Gasteiger charge is 2.36. The van der Waals surface area contributed by atoms with Crippen molar-refractivity contribution in [3.8, 4) is 5.75 Å². The summed E-state index contributed by atoms with van der Waals surface area (Å²) in [5.74, 6) is -2.36. The van der Waals surface area contributed by atoms with Crippen LogP contribution in [0, 0.1) is 0 Å². The Hall–Kier alpha value is -4.64. The number of carbonyl (C=O) groups is 2. The van der Waals surface area contributed by atoms with Crippen LogP contribution in [0.25, 0.3) is 6.08 Å². The van der Waals surface area contributed by atoms with Crippen molar-refractivity contribution in [1.82, 2.24) is 0 Å². The fourth-order valence-electron chi connectivity index (χ4n) is 4.46. The topological polar surface area (TPSA) is 83.8 Å². The molecule has 0 fully saturated rings. The average Bonchev–Trinajstić information content (AvgIpc) is 2.92. The summed E-state index contributed by atoms with van der Waals surface area (Å²) in [4.78, 5) is 22.2. The SMILES string of the molecule is O=C(O)C(=Cc1ccc(OCCC(c2ccccc2)(c2ccccc2)c2ccccc2)cc1)C(=O)O. The Kier molecular flexibility index (Phi) is 7.61. The molecule has 2 N–H and O–H groups in total. The second kappa shape index (κ2) is 11.2. The molecule has 0 aliphatic carbocycles. The van der Waals surface area contributed by atoms with E-state index in [-0.39, 0.29) is 0 Å². The minimum absolute atomic E-state index is 0.420. The lowest BCUT2D eigenvalue weighted by Crippen LogP contribution is -2.31. The maximum Gasteiger partial charge on any atom is 0.343 e. The van der Waals surface area contributed by atoms with Crippen LogP contribution in [0.5, 0.6) is 5.75 Å². The first kappa shape index (κ1) is 24.5. The molecule has 5 nitrogen and oxygen atoms in total. The van der Waals surface area contributed by atoms with E-state index in [1.54, 1.807) is 24.3 Å². The van der Waals surface area contributed by atoms with Gasteiger partial charge in [0.05, 0.1) is 6.61 Å². The highest BCUT2D eigenvalue weighted by Crippen LogP contribution is 2.42. The second-order valence-electron chi connectivity index (χ2n) is 8.34. The quantitative estimate of drug-likeness (QED) is 0.126. The van der Waals surface area contributed by atoms with Gasteiger partial charge < -0.3 is 14.9 Å². The van der Waals surface area contributed by atoms with Crippen LogP contribution >= 0.6 is 0 Å². The van der Waals surface area contributed by atoms with Gasteiger partial charge in [0.2, 0.25) is 0 Å². The normalized spacial score (nSPS) is 10.9. The van der Waals surface area contributed by atoms with Crippen LogP contribution < -0.4 is 4.74 Å². The van der Waals surface area contributed by atoms with Crippen LogP contribution in [0.1, 0.15) is 28.7 Å². The number of rotatable bonds is 10. The van der Waals surface area contributed by atoms with Gasteiger partial charge in [-0.25, -0.2) is 9.59 Å². The summed E-state index contributed by atoms with van der Waals surface area (Å²) in [6, 6.07) is 37.9. The Bertz CT molecular complexity index is 1220. The lowest BCUT2D eigenvalue weighted by atomic mass is 9.67. The van der Waals surface area contributed by atoms with Gasteiger partial charge in [-0.2, -0.15) is 0 Å². The third-order valence-electron chi connectivity index (χ3n) is 6.20. The van der Waals surface area contributed by atoms with Crippen LogP contribution in [-0.2, 0) is 15.0 Å². The Balaban J connectivity index is 1.62. The zero-order chi connectivity index (χ0) is 25.4. The van der Waals surface area contributed by atoms with Gasteiger partial charge in [0.1, 0.15) is 11.3 Å². The van der Waals surface area contributed by atoms with E-state index < -0.39 is 22.9 Å². The summed E-state index contributed by atoms with van der Waals surface area (Å²) < 4.78 is 6.13. The van der Waals surface area contributed by atoms with Gasteiger partial charge in [-0.05, 0) is 46.9 Å². The number of benzene rings is 4. The maximum absolute atomic E-state index is 11.1. The van der Waals surface area contributed by atoms with Crippen LogP contribution in [-0.4, -0.2) is 28.8 Å². The molecule has 4 aromatic rings. The maximum atomic E-state index is 11.1. The summed E-state index contributed by atoms with van der Waals surface area (Å²) in [5.41, 5.74) is 2.85. The van der Waals surface area contributed by atoms with Crippen LogP contribution in [0.15, 0.2) is 121 Å². The molecule has 36 heavy (non-hydrogen) atoms. The molecule has 4 aromatic carbocycles. The molecule has 0 saturated carbocycles. The third kappa shape index (κ3) is 5.36. The predicted octanol–water partition coefficient (Wildman–Crippen LogP) is 6.04. The zero-order valence-corrected chi connectivity index (χ0v) is 19.6. The van der Waals surface area contributed by atoms with Crippen molar-refractivity contribution < 1.29 is 24.5 Å². The molecule has 4 rings (SSSR count). The van der Waals surface area contributed by atoms with Gasteiger partial charge in [-0.15, -0.1) is 0 Å². The van der Waals surface area contributed by atoms with Crippen molar-refractivity contribution in [1.29, 1.82) is 0 Å². The monoisotopic (exact) mass is 478 g/mol. The standard InChI is InChI=1S/C31H26O5/c32-29(33)28(30(34)35)22-23-16-18-27(19-17-23)36-21-20-31(24-10-4-1-5-11-24,25-12-6-2-7-13-25)26-14-8-3-9-15-26/h1-19,22H,20-21H2,(H,32,33)(H,34,35). The van der Waals surface area contributed by atoms with Crippen molar-refractivity contribution in [2.45, 2.75) is 11.8 Å². The molecule has 5 heteroatoms. The Morgan fingerprint density at radius 3 is 1.44 bits per heavy atom. The number of carboxylic acid groups (broad SMARTS) is 2. The summed E-state index contributed by atoms with van der Waals surface area (Å²) in [5, 5.41) is 18.1. The Labute approximate surface area is 209 Å². The molecule has 0 radical (unpaired) electrons. The molecular formula is C31H26O5. The molecule has 0 heterocycles. The van der Waals surface area contributed by atoms with Crippen molar-refractivity contribution in [2.24, 2.45) is 0 Å². The smallest absolute Gasteiger partial charge is 0.343 e. The van der Waals surface area contributed by atoms with E-state index >= 15 is 0 Å². The number of carboxylic acids is 2. The van der Waals surface area contributed by atoms with E-state index in [1.165, 1.54) is 16.7 Å². The molecule has 0 amide bonds. The fraction of sp³-hybridized carbons (Fsp3) is 0.0968. The predicted molar refractivity (Wildman–Crippen MR) is 139 cm³/mol. The highest BCUT2D eigenvalue weighted by atomic mass is 16.5. The molecule has 0 aliphatic rings. The first-order valence-corrected chi connectivity index (χ1v) is 11.6. The Morgan fingerprint density at radius 1 is 0.639 bits per heavy atom. The van der Waals surface area contributed by atoms with E-state index in [9.17, 15) is 9.59 Å². The molecule has 180 valence electrons. The van der Waals surface area contributed by atoms with E-state index in [0.717, 1.165) is 6.08 Å². The summed E-state index contributed by atoms with van der Waals surface area (Å²) >= 11 is 0. The first-order chi connectivity index (χ1) is 17.5. The van der Waals surface area contributed by atoms with Gasteiger partial charge in [0.15, 0.2) is 0 Å². The molecule has 0 unspecified atom stereocenters. The van der Waals surface area contributed by atoms with Crippen LogP contribution in [0.3, 0.4) is 0 Å². The summed E-state index contributed by atoms with van der Waals surface area (Å²) in [6.45, 7) is 0.420. The van der Waals surface area contributed by atoms with Gasteiger partial charge in [0.25, 0.3) is 0 Å². The van der Waals surface area contributed by atoms with Crippen LogP contribution in [0.4, 0.5) is 0 Å². The number of hydrogen-bond donors (Lipinski definition) is 2. The van der Waals surface area contributed by atoms with Crippen molar-refractivity contribution in [2.75, 3.05) is 6.61 Å². The van der Waals surface area contributed by atoms with Gasteiger partial charge in [-0.3, -0.25) is 0 Å². The summed E-state index contributed by atoms with van der Waals surface area (Å²) in [7, 11) is 0. The van der Waals surface area contributed by atoms with E-state index in [2.05, 4.69) is 36.4 Å². The molecular weight excluding hydrogens is 452 g/mol. The molecule has 0 spiro atoms. The van der Waals surface area contributed by atoms with Gasteiger partial charge >= 0.3 is 11.9 Å². The molecule has 0 saturated heterocycles. The second-order valence-corrected chi connectivity index (χ2v) is 8.34. The van der Waals surface area contributed by atoms with Crippen molar-refractivity contribution in [3.63, 3.8) is 0 Å². The van der Waals surface area contributed by atoms with E-state index in [4.69, 9.17) is 14.9 Å². The third-order valence-corrected chi connectivity index (χ3v) is 6.20. The van der Waals surface area contributed by atoms with E-state index in [0.29, 0.717) is 24.3 Å². The minimum atomic E-state index is -1.48. The van der Waals surface area contributed by atoms with Crippen LogP contribution in [0.2, 0.25) is 0 Å². The largest absolute Gasteiger partial charge is 0.494 e. The summed E-state index contributed by atoms with van der Waals surface area (Å²) in [6.07, 6.45) is 1.80. The minimum Gasteiger partial charge on any atom is -0.494 e. The van der Waals surface area contributed by atoms with Crippen molar-refractivity contribution >= 4 is 18.0 Å². The molecule has 0 aliphatic heterocycles. The lowest BCUT2D eigenvalue weighted by molar-refractivity contribution is -0.140. The van der Waals surface area contributed by atoms with Gasteiger partial charge in [-0.1, -0.05) is 103 Å².